The summed E-state index contributed by atoms with van der Waals surface area (Å²) in [6.45, 7) is -2.69. The maximum atomic E-state index is 13.4. The predicted octanol–water partition coefficient (Wildman–Crippen LogP) is 3.86. The molecule has 0 spiro atoms. The van der Waals surface area contributed by atoms with Crippen LogP contribution in [0.1, 0.15) is 17.2 Å². The lowest BCUT2D eigenvalue weighted by molar-refractivity contribution is -0.116. The zero-order valence-electron chi connectivity index (χ0n) is 15.0. The molecule has 27 heavy (non-hydrogen) atoms. The minimum absolute atomic E-state index is 0.0116. The van der Waals surface area contributed by atoms with Gasteiger partial charge in [-0.3, -0.25) is 4.79 Å². The molecule has 0 fully saturated rings. The second kappa shape index (κ2) is 9.78. The number of para-hydroxylation sites is 1. The third-order valence-corrected chi connectivity index (χ3v) is 3.88. The molecule has 0 unspecified atom stereocenters. The highest BCUT2D eigenvalue weighted by Crippen LogP contribution is 2.21. The Morgan fingerprint density at radius 3 is 2.59 bits per heavy atom. The number of hydrogen-bond donors (Lipinski definition) is 1. The molecule has 0 aliphatic rings. The van der Waals surface area contributed by atoms with Gasteiger partial charge in [-0.15, -0.1) is 0 Å². The molecule has 0 aliphatic heterocycles. The fourth-order valence-electron chi connectivity index (χ4n) is 2.56. The SMILES string of the molecule is CN(C)[C@@H](CNC(=O)/C=C/c1ccccc1OC(F)F)c1cccc(F)c1. The molecule has 1 amide bonds. The molecule has 0 saturated heterocycles. The van der Waals surface area contributed by atoms with Crippen molar-refractivity contribution < 1.29 is 22.7 Å². The first-order valence-corrected chi connectivity index (χ1v) is 8.28. The van der Waals surface area contributed by atoms with Gasteiger partial charge in [-0.05, 0) is 43.9 Å². The Balaban J connectivity index is 2.01. The lowest BCUT2D eigenvalue weighted by atomic mass is 10.1. The van der Waals surface area contributed by atoms with Crippen LogP contribution in [0.15, 0.2) is 54.6 Å². The molecule has 2 aromatic rings. The smallest absolute Gasteiger partial charge is 0.387 e. The van der Waals surface area contributed by atoms with Crippen LogP contribution in [-0.4, -0.2) is 38.1 Å². The number of nitrogens with zero attached hydrogens (tertiary/aromatic N) is 1. The summed E-state index contributed by atoms with van der Waals surface area (Å²) in [6, 6.07) is 12.1. The van der Waals surface area contributed by atoms with E-state index in [4.69, 9.17) is 0 Å². The molecule has 0 aliphatic carbocycles. The number of alkyl halides is 2. The van der Waals surface area contributed by atoms with Crippen molar-refractivity contribution >= 4 is 12.0 Å². The van der Waals surface area contributed by atoms with Crippen molar-refractivity contribution in [2.24, 2.45) is 0 Å². The Labute approximate surface area is 156 Å². The second-order valence-corrected chi connectivity index (χ2v) is 6.03. The van der Waals surface area contributed by atoms with E-state index in [-0.39, 0.29) is 24.2 Å². The van der Waals surface area contributed by atoms with Crippen LogP contribution in [0.25, 0.3) is 6.08 Å². The van der Waals surface area contributed by atoms with Crippen LogP contribution in [0.5, 0.6) is 5.75 Å². The van der Waals surface area contributed by atoms with Crippen LogP contribution in [0, 0.1) is 5.82 Å². The zero-order chi connectivity index (χ0) is 19.8. The summed E-state index contributed by atoms with van der Waals surface area (Å²) in [4.78, 5) is 14.0. The lowest BCUT2D eigenvalue weighted by Gasteiger charge is -2.25. The van der Waals surface area contributed by atoms with Gasteiger partial charge < -0.3 is 15.0 Å². The summed E-state index contributed by atoms with van der Waals surface area (Å²) in [7, 11) is 3.66. The Morgan fingerprint density at radius 1 is 1.19 bits per heavy atom. The minimum Gasteiger partial charge on any atom is -0.434 e. The minimum atomic E-state index is -2.94. The summed E-state index contributed by atoms with van der Waals surface area (Å²) in [5.41, 5.74) is 1.10. The van der Waals surface area contributed by atoms with Gasteiger partial charge in [0.25, 0.3) is 0 Å². The molecule has 0 bridgehead atoms. The molecular weight excluding hydrogens is 357 g/mol. The molecule has 0 radical (unpaired) electrons. The number of carbonyl (C=O) groups is 1. The van der Waals surface area contributed by atoms with Crippen LogP contribution in [0.2, 0.25) is 0 Å². The highest BCUT2D eigenvalue weighted by atomic mass is 19.3. The largest absolute Gasteiger partial charge is 0.434 e. The van der Waals surface area contributed by atoms with Crippen LogP contribution >= 0.6 is 0 Å². The van der Waals surface area contributed by atoms with E-state index in [1.54, 1.807) is 30.3 Å². The number of hydrogen-bond acceptors (Lipinski definition) is 3. The first kappa shape index (κ1) is 20.5. The molecule has 0 saturated carbocycles. The van der Waals surface area contributed by atoms with E-state index in [0.717, 1.165) is 5.56 Å². The van der Waals surface area contributed by atoms with Gasteiger partial charge in [0.2, 0.25) is 5.91 Å². The quantitative estimate of drug-likeness (QED) is 0.710. The van der Waals surface area contributed by atoms with E-state index in [0.29, 0.717) is 5.56 Å². The van der Waals surface area contributed by atoms with Crippen LogP contribution < -0.4 is 10.1 Å². The zero-order valence-corrected chi connectivity index (χ0v) is 15.0. The number of likely N-dealkylation sites (N-methyl/N-ethyl adjacent to an activating group) is 1. The van der Waals surface area contributed by atoms with Crippen molar-refractivity contribution in [2.75, 3.05) is 20.6 Å². The highest BCUT2D eigenvalue weighted by Gasteiger charge is 2.15. The number of amides is 1. The van der Waals surface area contributed by atoms with Gasteiger partial charge >= 0.3 is 6.61 Å². The molecule has 0 heterocycles. The van der Waals surface area contributed by atoms with E-state index >= 15 is 0 Å². The maximum Gasteiger partial charge on any atom is 0.387 e. The number of carbonyl (C=O) groups excluding carboxylic acids is 1. The molecule has 2 rings (SSSR count). The van der Waals surface area contributed by atoms with Gasteiger partial charge in [-0.2, -0.15) is 8.78 Å². The standard InChI is InChI=1S/C20H21F3N2O2/c1-25(2)17(15-7-5-8-16(21)12-15)13-24-19(26)11-10-14-6-3-4-9-18(14)27-20(22)23/h3-12,17,20H,13H2,1-2H3,(H,24,26)/b11-10+/t17-/m0/s1. The molecular formula is C20H21F3N2O2. The van der Waals surface area contributed by atoms with Gasteiger partial charge in [0.1, 0.15) is 11.6 Å². The lowest BCUT2D eigenvalue weighted by Crippen LogP contribution is -2.33. The molecule has 7 heteroatoms. The Kier molecular flexibility index (Phi) is 7.43. The molecule has 1 N–H and O–H groups in total. The van der Waals surface area contributed by atoms with Gasteiger partial charge in [0.05, 0.1) is 6.04 Å². The van der Waals surface area contributed by atoms with Crippen molar-refractivity contribution in [3.05, 3.63) is 71.6 Å². The van der Waals surface area contributed by atoms with Gasteiger partial charge in [-0.25, -0.2) is 4.39 Å². The number of ether oxygens (including phenoxy) is 1. The van der Waals surface area contributed by atoms with Crippen LogP contribution in [0.4, 0.5) is 13.2 Å². The molecule has 0 aromatic heterocycles. The summed E-state index contributed by atoms with van der Waals surface area (Å²) in [5.74, 6) is -0.756. The predicted molar refractivity (Wildman–Crippen MR) is 97.9 cm³/mol. The molecule has 2 aromatic carbocycles. The van der Waals surface area contributed by atoms with E-state index in [2.05, 4.69) is 10.1 Å². The summed E-state index contributed by atoms with van der Waals surface area (Å²) < 4.78 is 42.7. The summed E-state index contributed by atoms with van der Waals surface area (Å²) in [6.07, 6.45) is 2.64. The maximum absolute atomic E-state index is 13.4. The Hall–Kier alpha value is -2.80. The normalized spacial score (nSPS) is 12.6. The van der Waals surface area contributed by atoms with Crippen LogP contribution in [0.3, 0.4) is 0 Å². The molecule has 4 nitrogen and oxygen atoms in total. The Bertz CT molecular complexity index is 794. The van der Waals surface area contributed by atoms with E-state index in [1.807, 2.05) is 19.0 Å². The third-order valence-electron chi connectivity index (χ3n) is 3.88. The van der Waals surface area contributed by atoms with Crippen LogP contribution in [-0.2, 0) is 4.79 Å². The number of nitrogens with one attached hydrogen (secondary N) is 1. The van der Waals surface area contributed by atoms with Crippen molar-refractivity contribution in [3.63, 3.8) is 0 Å². The molecule has 1 atom stereocenters. The van der Waals surface area contributed by atoms with E-state index in [9.17, 15) is 18.0 Å². The second-order valence-electron chi connectivity index (χ2n) is 6.03. The topological polar surface area (TPSA) is 41.6 Å². The third kappa shape index (κ3) is 6.45. The van der Waals surface area contributed by atoms with E-state index < -0.39 is 12.5 Å². The monoisotopic (exact) mass is 378 g/mol. The Morgan fingerprint density at radius 2 is 1.93 bits per heavy atom. The fraction of sp³-hybridized carbons (Fsp3) is 0.250. The van der Waals surface area contributed by atoms with Gasteiger partial charge in [0, 0.05) is 18.2 Å². The van der Waals surface area contributed by atoms with Crippen molar-refractivity contribution in [1.82, 2.24) is 10.2 Å². The van der Waals surface area contributed by atoms with Crippen molar-refractivity contribution in [2.45, 2.75) is 12.7 Å². The average Bonchev–Trinajstić information content (AvgIpc) is 2.60. The van der Waals surface area contributed by atoms with Crippen molar-refractivity contribution in [1.29, 1.82) is 0 Å². The fourth-order valence-corrected chi connectivity index (χ4v) is 2.56. The van der Waals surface area contributed by atoms with Gasteiger partial charge in [-0.1, -0.05) is 30.3 Å². The van der Waals surface area contributed by atoms with Gasteiger partial charge in [0.15, 0.2) is 0 Å². The van der Waals surface area contributed by atoms with E-state index in [1.165, 1.54) is 30.4 Å². The molecule has 144 valence electrons. The first-order valence-electron chi connectivity index (χ1n) is 8.28. The summed E-state index contributed by atoms with van der Waals surface area (Å²) >= 11 is 0. The average molecular weight is 378 g/mol. The number of halogens is 3. The number of rotatable bonds is 8. The number of benzene rings is 2. The first-order chi connectivity index (χ1) is 12.9. The summed E-state index contributed by atoms with van der Waals surface area (Å²) in [5, 5.41) is 2.73. The highest BCUT2D eigenvalue weighted by molar-refractivity contribution is 5.92. The van der Waals surface area contributed by atoms with Crippen molar-refractivity contribution in [3.8, 4) is 5.75 Å².